The summed E-state index contributed by atoms with van der Waals surface area (Å²) in [4.78, 5) is 12.1. The molecule has 1 N–H and O–H groups in total. The van der Waals surface area contributed by atoms with Crippen molar-refractivity contribution in [2.45, 2.75) is 38.1 Å². The van der Waals surface area contributed by atoms with Gasteiger partial charge in [-0.05, 0) is 42.0 Å². The molecule has 1 aliphatic carbocycles. The van der Waals surface area contributed by atoms with Crippen LogP contribution < -0.4 is 5.32 Å². The highest BCUT2D eigenvalue weighted by molar-refractivity contribution is 5.79. The van der Waals surface area contributed by atoms with E-state index in [1.54, 1.807) is 0 Å². The summed E-state index contributed by atoms with van der Waals surface area (Å²) in [5.41, 5.74) is 4.90. The van der Waals surface area contributed by atoms with Crippen molar-refractivity contribution in [2.24, 2.45) is 0 Å². The normalized spacial score (nSPS) is 13.4. The van der Waals surface area contributed by atoms with Gasteiger partial charge in [0.25, 0.3) is 0 Å². The number of amides is 1. The second-order valence-electron chi connectivity index (χ2n) is 6.47. The third kappa shape index (κ3) is 3.85. The zero-order chi connectivity index (χ0) is 17.6. The average Bonchev–Trinajstić information content (AvgIpc) is 2.94. The molecule has 1 aliphatic rings. The topological polar surface area (TPSA) is 38.3 Å². The summed E-state index contributed by atoms with van der Waals surface area (Å²) in [6, 6.07) is 16.7. The van der Waals surface area contributed by atoms with E-state index in [9.17, 15) is 4.79 Å². The van der Waals surface area contributed by atoms with Crippen LogP contribution in [0, 0.1) is 12.3 Å². The molecule has 0 spiro atoms. The summed E-state index contributed by atoms with van der Waals surface area (Å²) in [5.74, 6) is 2.71. The molecule has 0 bridgehead atoms. The third-order valence-corrected chi connectivity index (χ3v) is 4.67. The van der Waals surface area contributed by atoms with Gasteiger partial charge in [-0.15, -0.1) is 12.3 Å². The summed E-state index contributed by atoms with van der Waals surface area (Å²) in [7, 11) is 0. The fourth-order valence-electron chi connectivity index (χ4n) is 3.42. The van der Waals surface area contributed by atoms with Gasteiger partial charge in [0.1, 0.15) is 6.61 Å². The number of nitrogens with one attached hydrogen (secondary N) is 1. The Morgan fingerprint density at radius 2 is 1.76 bits per heavy atom. The summed E-state index contributed by atoms with van der Waals surface area (Å²) < 4.78 is 5.53. The van der Waals surface area contributed by atoms with E-state index in [1.807, 2.05) is 31.2 Å². The first kappa shape index (κ1) is 17.1. The van der Waals surface area contributed by atoms with E-state index in [0.717, 1.165) is 19.3 Å². The lowest BCUT2D eigenvalue weighted by molar-refractivity contribution is 0.139. The minimum Gasteiger partial charge on any atom is -0.449 e. The van der Waals surface area contributed by atoms with Gasteiger partial charge in [0, 0.05) is 18.4 Å². The molecule has 3 heteroatoms. The van der Waals surface area contributed by atoms with Crippen LogP contribution in [-0.2, 0) is 4.74 Å². The van der Waals surface area contributed by atoms with Crippen LogP contribution in [0.2, 0.25) is 0 Å². The van der Waals surface area contributed by atoms with Crippen LogP contribution in [0.4, 0.5) is 4.79 Å². The fourth-order valence-corrected chi connectivity index (χ4v) is 3.42. The number of hydrogen-bond donors (Lipinski definition) is 1. The number of terminal acetylenes is 1. The molecule has 128 valence electrons. The largest absolute Gasteiger partial charge is 0.449 e. The number of ether oxygens (including phenoxy) is 1. The standard InChI is InChI=1S/C22H23NO2/c1-3-4-5-10-16(2)23-22(24)25-15-21-19-13-8-6-11-17(19)18-12-7-9-14-20(18)21/h1,6-9,11-14,16,21H,4-5,10,15H2,2H3,(H,23,24)/t16-/m1/s1. The van der Waals surface area contributed by atoms with Crippen molar-refractivity contribution >= 4 is 6.09 Å². The molecule has 1 amide bonds. The van der Waals surface area contributed by atoms with Crippen LogP contribution in [0.25, 0.3) is 11.1 Å². The van der Waals surface area contributed by atoms with E-state index < -0.39 is 0 Å². The number of alkyl carbamates (subject to hydrolysis) is 1. The SMILES string of the molecule is C#CCCC[C@@H](C)NC(=O)OCC1c2ccccc2-c2ccccc21. The van der Waals surface area contributed by atoms with Gasteiger partial charge < -0.3 is 10.1 Å². The fraction of sp³-hybridized carbons (Fsp3) is 0.318. The van der Waals surface area contributed by atoms with E-state index in [1.165, 1.54) is 22.3 Å². The van der Waals surface area contributed by atoms with Crippen molar-refractivity contribution in [1.29, 1.82) is 0 Å². The Bertz CT molecular complexity index is 745. The van der Waals surface area contributed by atoms with Gasteiger partial charge in [0.2, 0.25) is 0 Å². The smallest absolute Gasteiger partial charge is 0.407 e. The van der Waals surface area contributed by atoms with Gasteiger partial charge in [-0.3, -0.25) is 0 Å². The number of carbonyl (C=O) groups excluding carboxylic acids is 1. The number of fused-ring (bicyclic) bond motifs is 3. The summed E-state index contributed by atoms with van der Waals surface area (Å²) in [6.45, 7) is 2.31. The highest BCUT2D eigenvalue weighted by Crippen LogP contribution is 2.44. The maximum absolute atomic E-state index is 12.1. The van der Waals surface area contributed by atoms with E-state index >= 15 is 0 Å². The van der Waals surface area contributed by atoms with Crippen LogP contribution in [-0.4, -0.2) is 18.7 Å². The Balaban J connectivity index is 1.62. The van der Waals surface area contributed by atoms with Crippen molar-refractivity contribution in [3.63, 3.8) is 0 Å². The maximum Gasteiger partial charge on any atom is 0.407 e. The van der Waals surface area contributed by atoms with Gasteiger partial charge in [0.05, 0.1) is 0 Å². The molecule has 0 saturated heterocycles. The van der Waals surface area contributed by atoms with Gasteiger partial charge in [-0.2, -0.15) is 0 Å². The van der Waals surface area contributed by atoms with E-state index in [-0.39, 0.29) is 18.1 Å². The molecule has 0 fully saturated rings. The number of unbranched alkanes of at least 4 members (excludes halogenated alkanes) is 1. The average molecular weight is 333 g/mol. The van der Waals surface area contributed by atoms with Crippen LogP contribution >= 0.6 is 0 Å². The van der Waals surface area contributed by atoms with Crippen molar-refractivity contribution in [1.82, 2.24) is 5.32 Å². The lowest BCUT2D eigenvalue weighted by atomic mass is 9.98. The molecule has 0 aliphatic heterocycles. The number of benzene rings is 2. The molecule has 0 aromatic heterocycles. The molecule has 0 radical (unpaired) electrons. The molecule has 0 heterocycles. The van der Waals surface area contributed by atoms with E-state index in [4.69, 9.17) is 11.2 Å². The van der Waals surface area contributed by atoms with E-state index in [0.29, 0.717) is 6.61 Å². The van der Waals surface area contributed by atoms with E-state index in [2.05, 4.69) is 35.5 Å². The quantitative estimate of drug-likeness (QED) is 0.614. The molecule has 3 rings (SSSR count). The van der Waals surface area contributed by atoms with Crippen LogP contribution in [0.15, 0.2) is 48.5 Å². The molecule has 3 nitrogen and oxygen atoms in total. The monoisotopic (exact) mass is 333 g/mol. The first-order chi connectivity index (χ1) is 12.2. The molecular weight excluding hydrogens is 310 g/mol. The minimum atomic E-state index is -0.366. The van der Waals surface area contributed by atoms with Gasteiger partial charge in [-0.25, -0.2) is 4.79 Å². The Labute approximate surface area is 149 Å². The second kappa shape index (κ2) is 7.90. The first-order valence-corrected chi connectivity index (χ1v) is 8.75. The molecule has 25 heavy (non-hydrogen) atoms. The van der Waals surface area contributed by atoms with Crippen molar-refractivity contribution < 1.29 is 9.53 Å². The summed E-state index contributed by atoms with van der Waals surface area (Å²) >= 11 is 0. The predicted molar refractivity (Wildman–Crippen MR) is 100 cm³/mol. The highest BCUT2D eigenvalue weighted by Gasteiger charge is 2.29. The van der Waals surface area contributed by atoms with Crippen LogP contribution in [0.1, 0.15) is 43.2 Å². The third-order valence-electron chi connectivity index (χ3n) is 4.67. The number of rotatable bonds is 6. The van der Waals surface area contributed by atoms with Crippen molar-refractivity contribution in [2.75, 3.05) is 6.61 Å². The Kier molecular flexibility index (Phi) is 5.40. The van der Waals surface area contributed by atoms with Crippen molar-refractivity contribution in [3.05, 3.63) is 59.7 Å². The molecule has 0 unspecified atom stereocenters. The minimum absolute atomic E-state index is 0.0593. The zero-order valence-corrected chi connectivity index (χ0v) is 14.5. The Hall–Kier alpha value is -2.73. The lowest BCUT2D eigenvalue weighted by Gasteiger charge is -2.17. The second-order valence-corrected chi connectivity index (χ2v) is 6.47. The molecule has 2 aromatic carbocycles. The Morgan fingerprint density at radius 1 is 1.16 bits per heavy atom. The molecular formula is C22H23NO2. The van der Waals surface area contributed by atoms with Crippen LogP contribution in [0.3, 0.4) is 0 Å². The van der Waals surface area contributed by atoms with Crippen LogP contribution in [0.5, 0.6) is 0 Å². The van der Waals surface area contributed by atoms with Gasteiger partial charge >= 0.3 is 6.09 Å². The molecule has 2 aromatic rings. The predicted octanol–water partition coefficient (Wildman–Crippen LogP) is 4.72. The maximum atomic E-state index is 12.1. The summed E-state index contributed by atoms with van der Waals surface area (Å²) in [6.07, 6.45) is 7.38. The first-order valence-electron chi connectivity index (χ1n) is 8.75. The zero-order valence-electron chi connectivity index (χ0n) is 14.5. The number of carbonyl (C=O) groups is 1. The molecule has 1 atom stereocenters. The highest BCUT2D eigenvalue weighted by atomic mass is 16.5. The summed E-state index contributed by atoms with van der Waals surface area (Å²) in [5, 5.41) is 2.88. The van der Waals surface area contributed by atoms with Gasteiger partial charge in [0.15, 0.2) is 0 Å². The van der Waals surface area contributed by atoms with Gasteiger partial charge in [-0.1, -0.05) is 48.5 Å². The molecule has 0 saturated carbocycles. The number of hydrogen-bond acceptors (Lipinski definition) is 2. The lowest BCUT2D eigenvalue weighted by Crippen LogP contribution is -2.33. The Morgan fingerprint density at radius 3 is 2.36 bits per heavy atom. The van der Waals surface area contributed by atoms with Crippen molar-refractivity contribution in [3.8, 4) is 23.5 Å².